The molecule has 0 saturated carbocycles. The number of carbonyl (C=O) groups is 2. The van der Waals surface area contributed by atoms with Gasteiger partial charge in [0.25, 0.3) is 0 Å². The largest absolute Gasteiger partial charge is 0.456 e. The molecule has 30 heavy (non-hydrogen) atoms. The molecule has 0 aliphatic heterocycles. The van der Waals surface area contributed by atoms with Crippen LogP contribution < -0.4 is 10.1 Å². The van der Waals surface area contributed by atoms with Gasteiger partial charge in [-0.2, -0.15) is 0 Å². The Hall–Kier alpha value is -3.74. The topological polar surface area (TPSA) is 89.9 Å². The van der Waals surface area contributed by atoms with Crippen molar-refractivity contribution in [2.75, 3.05) is 5.32 Å². The number of carbonyl (C=O) groups excluding carboxylic acids is 2. The van der Waals surface area contributed by atoms with Crippen molar-refractivity contribution in [2.45, 2.75) is 33.3 Å². The lowest BCUT2D eigenvalue weighted by atomic mass is 10.1. The third-order valence-electron chi connectivity index (χ3n) is 4.13. The molecule has 0 fully saturated rings. The number of amides is 1. The highest BCUT2D eigenvalue weighted by atomic mass is 16.6. The van der Waals surface area contributed by atoms with Crippen LogP contribution in [-0.2, 0) is 9.53 Å². The van der Waals surface area contributed by atoms with Gasteiger partial charge in [-0.15, -0.1) is 0 Å². The fourth-order valence-corrected chi connectivity index (χ4v) is 2.85. The second kappa shape index (κ2) is 8.73. The Labute approximate surface area is 174 Å². The summed E-state index contributed by atoms with van der Waals surface area (Å²) in [5.41, 5.74) is 0.733. The summed E-state index contributed by atoms with van der Waals surface area (Å²) in [6.45, 7) is 7.25. The zero-order valence-corrected chi connectivity index (χ0v) is 17.3. The fraction of sp³-hybridized carbons (Fsp3) is 0.217. The minimum Gasteiger partial charge on any atom is -0.456 e. The first-order chi connectivity index (χ1) is 14.3. The van der Waals surface area contributed by atoms with E-state index in [4.69, 9.17) is 9.47 Å². The molecule has 154 valence electrons. The minimum atomic E-state index is -0.591. The highest BCUT2D eigenvalue weighted by Crippen LogP contribution is 2.36. The number of fused-ring (bicyclic) bond motifs is 1. The van der Waals surface area contributed by atoms with Crippen molar-refractivity contribution in [3.63, 3.8) is 0 Å². The summed E-state index contributed by atoms with van der Waals surface area (Å²) in [6, 6.07) is 12.9. The van der Waals surface area contributed by atoms with Crippen LogP contribution in [0.25, 0.3) is 10.8 Å². The molecular weight excluding hydrogens is 382 g/mol. The predicted molar refractivity (Wildman–Crippen MR) is 117 cm³/mol. The van der Waals surface area contributed by atoms with E-state index >= 15 is 0 Å². The van der Waals surface area contributed by atoms with Crippen molar-refractivity contribution in [2.24, 2.45) is 4.99 Å². The molecule has 1 aromatic heterocycles. The number of aliphatic imine (C=N–C) groups is 1. The van der Waals surface area contributed by atoms with E-state index in [2.05, 4.69) is 15.3 Å². The maximum atomic E-state index is 12.2. The van der Waals surface area contributed by atoms with E-state index in [1.807, 2.05) is 52.0 Å². The molecule has 0 saturated heterocycles. The molecule has 1 N–H and O–H groups in total. The van der Waals surface area contributed by atoms with Crippen LogP contribution in [0.2, 0.25) is 0 Å². The van der Waals surface area contributed by atoms with Crippen molar-refractivity contribution in [1.29, 1.82) is 0 Å². The van der Waals surface area contributed by atoms with Gasteiger partial charge in [-0.05, 0) is 45.9 Å². The first kappa shape index (κ1) is 21.0. The Morgan fingerprint density at radius 1 is 1.07 bits per heavy atom. The number of aromatic nitrogens is 1. The SMILES string of the molecule is Cc1c(Oc2ccc(NC(=O)OC(C)(C)C)c3ccccc23)ccnc1N=CC=O. The summed E-state index contributed by atoms with van der Waals surface area (Å²) in [7, 11) is 0. The number of benzene rings is 2. The zero-order chi connectivity index (χ0) is 21.7. The van der Waals surface area contributed by atoms with Gasteiger partial charge in [0, 0.05) is 22.5 Å². The molecule has 0 aliphatic carbocycles. The van der Waals surface area contributed by atoms with Gasteiger partial charge >= 0.3 is 6.09 Å². The van der Waals surface area contributed by atoms with Crippen LogP contribution in [0, 0.1) is 6.92 Å². The zero-order valence-electron chi connectivity index (χ0n) is 17.3. The van der Waals surface area contributed by atoms with Crippen LogP contribution in [0.3, 0.4) is 0 Å². The highest BCUT2D eigenvalue weighted by Gasteiger charge is 2.18. The number of aldehydes is 1. The maximum Gasteiger partial charge on any atom is 0.412 e. The number of ether oxygens (including phenoxy) is 2. The number of pyridine rings is 1. The quantitative estimate of drug-likeness (QED) is 0.442. The van der Waals surface area contributed by atoms with Crippen LogP contribution in [-0.4, -0.2) is 29.2 Å². The van der Waals surface area contributed by atoms with Crippen LogP contribution >= 0.6 is 0 Å². The van der Waals surface area contributed by atoms with Crippen LogP contribution in [0.4, 0.5) is 16.3 Å². The highest BCUT2D eigenvalue weighted by molar-refractivity contribution is 6.13. The van der Waals surface area contributed by atoms with Gasteiger partial charge in [-0.1, -0.05) is 24.3 Å². The number of nitrogens with zero attached hydrogens (tertiary/aromatic N) is 2. The van der Waals surface area contributed by atoms with E-state index in [9.17, 15) is 9.59 Å². The maximum absolute atomic E-state index is 12.2. The van der Waals surface area contributed by atoms with E-state index < -0.39 is 11.7 Å². The molecular formula is C23H23N3O4. The van der Waals surface area contributed by atoms with E-state index in [1.165, 1.54) is 0 Å². The molecule has 0 spiro atoms. The van der Waals surface area contributed by atoms with E-state index in [1.54, 1.807) is 24.4 Å². The van der Waals surface area contributed by atoms with Gasteiger partial charge in [-0.25, -0.2) is 14.8 Å². The van der Waals surface area contributed by atoms with Gasteiger partial charge in [0.15, 0.2) is 12.1 Å². The van der Waals surface area contributed by atoms with E-state index in [-0.39, 0.29) is 0 Å². The predicted octanol–water partition coefficient (Wildman–Crippen LogP) is 5.58. The monoisotopic (exact) mass is 405 g/mol. The number of rotatable bonds is 5. The number of anilines is 1. The Bertz CT molecular complexity index is 1120. The number of hydrogen-bond donors (Lipinski definition) is 1. The van der Waals surface area contributed by atoms with Crippen LogP contribution in [0.5, 0.6) is 11.5 Å². The molecule has 7 heteroatoms. The smallest absolute Gasteiger partial charge is 0.412 e. The number of hydrogen-bond acceptors (Lipinski definition) is 6. The van der Waals surface area contributed by atoms with Gasteiger partial charge in [0.05, 0.1) is 11.9 Å². The Morgan fingerprint density at radius 2 is 1.80 bits per heavy atom. The average molecular weight is 405 g/mol. The molecule has 3 rings (SSSR count). The van der Waals surface area contributed by atoms with Gasteiger partial charge in [0.2, 0.25) is 0 Å². The molecule has 1 amide bonds. The lowest BCUT2D eigenvalue weighted by Crippen LogP contribution is -2.27. The molecule has 2 aromatic carbocycles. The second-order valence-electron chi connectivity index (χ2n) is 7.56. The molecule has 0 bridgehead atoms. The summed E-state index contributed by atoms with van der Waals surface area (Å²) >= 11 is 0. The summed E-state index contributed by atoms with van der Waals surface area (Å²) in [6.07, 6.45) is 2.79. The average Bonchev–Trinajstić information content (AvgIpc) is 2.69. The summed E-state index contributed by atoms with van der Waals surface area (Å²) in [5.74, 6) is 1.59. The van der Waals surface area contributed by atoms with Crippen molar-refractivity contribution in [3.8, 4) is 11.5 Å². The van der Waals surface area contributed by atoms with E-state index in [0.717, 1.165) is 17.0 Å². The molecule has 0 unspecified atom stereocenters. The van der Waals surface area contributed by atoms with Crippen molar-refractivity contribution in [3.05, 3.63) is 54.2 Å². The summed E-state index contributed by atoms with van der Waals surface area (Å²) in [5, 5.41) is 4.43. The summed E-state index contributed by atoms with van der Waals surface area (Å²) in [4.78, 5) is 30.9. The van der Waals surface area contributed by atoms with Crippen LogP contribution in [0.15, 0.2) is 53.7 Å². The first-order valence-corrected chi connectivity index (χ1v) is 9.41. The van der Waals surface area contributed by atoms with Gasteiger partial charge in [0.1, 0.15) is 17.1 Å². The van der Waals surface area contributed by atoms with Gasteiger partial charge in [-0.3, -0.25) is 10.1 Å². The molecule has 7 nitrogen and oxygen atoms in total. The fourth-order valence-electron chi connectivity index (χ4n) is 2.85. The normalized spacial score (nSPS) is 11.5. The Balaban J connectivity index is 1.95. The van der Waals surface area contributed by atoms with Crippen molar-refractivity contribution in [1.82, 2.24) is 4.98 Å². The van der Waals surface area contributed by atoms with Crippen LogP contribution in [0.1, 0.15) is 26.3 Å². The lowest BCUT2D eigenvalue weighted by Gasteiger charge is -2.20. The lowest BCUT2D eigenvalue weighted by molar-refractivity contribution is -0.102. The van der Waals surface area contributed by atoms with Crippen molar-refractivity contribution >= 4 is 40.9 Å². The molecule has 3 aromatic rings. The summed E-state index contributed by atoms with van der Waals surface area (Å²) < 4.78 is 11.5. The minimum absolute atomic E-state index is 0.409. The van der Waals surface area contributed by atoms with Gasteiger partial charge < -0.3 is 9.47 Å². The third-order valence-corrected chi connectivity index (χ3v) is 4.13. The third kappa shape index (κ3) is 5.00. The van der Waals surface area contributed by atoms with Crippen molar-refractivity contribution < 1.29 is 19.1 Å². The standard InChI is InChI=1S/C23H23N3O4/c1-15-19(11-12-24-21(15)25-13-14-27)29-20-10-9-18(16-7-5-6-8-17(16)20)26-22(28)30-23(2,3)4/h5-14H,1-4H3,(H,26,28). The Kier molecular flexibility index (Phi) is 6.11. The van der Waals surface area contributed by atoms with E-state index in [0.29, 0.717) is 34.9 Å². The Morgan fingerprint density at radius 3 is 2.50 bits per heavy atom. The second-order valence-corrected chi connectivity index (χ2v) is 7.56. The molecule has 0 radical (unpaired) electrons. The molecule has 1 heterocycles. The first-order valence-electron chi connectivity index (χ1n) is 9.41. The molecule has 0 aliphatic rings. The number of nitrogens with one attached hydrogen (secondary N) is 1. The molecule has 0 atom stereocenters.